The molecule has 10 heteroatoms. The molecule has 0 fully saturated rings. The molecular weight excluding hydrogens is 376 g/mol. The van der Waals surface area contributed by atoms with Gasteiger partial charge in [-0.05, 0) is 59.0 Å². The fourth-order valence-electron chi connectivity index (χ4n) is 2.06. The van der Waals surface area contributed by atoms with Gasteiger partial charge in [-0.15, -0.1) is 5.10 Å². The summed E-state index contributed by atoms with van der Waals surface area (Å²) in [6.45, 7) is 0. The van der Waals surface area contributed by atoms with Crippen molar-refractivity contribution < 1.29 is 9.59 Å². The summed E-state index contributed by atoms with van der Waals surface area (Å²) in [6.07, 6.45) is 0. The summed E-state index contributed by atoms with van der Waals surface area (Å²) in [6, 6.07) is 13.3. The average Bonchev–Trinajstić information content (AvgIpc) is 3.09. The van der Waals surface area contributed by atoms with Crippen LogP contribution in [0.25, 0.3) is 5.69 Å². The quantitative estimate of drug-likeness (QED) is 0.625. The number of carbonyl (C=O) groups is 2. The zero-order valence-electron chi connectivity index (χ0n) is 13.3. The molecule has 0 saturated heterocycles. The second-order valence-corrected chi connectivity index (χ2v) is 6.51. The molecule has 0 atom stereocenters. The summed E-state index contributed by atoms with van der Waals surface area (Å²) in [7, 11) is 0. The van der Waals surface area contributed by atoms with E-state index < -0.39 is 5.91 Å². The van der Waals surface area contributed by atoms with Crippen LogP contribution < -0.4 is 11.1 Å². The zero-order valence-corrected chi connectivity index (χ0v) is 14.9. The highest BCUT2D eigenvalue weighted by molar-refractivity contribution is 7.99. The van der Waals surface area contributed by atoms with Crippen molar-refractivity contribution >= 4 is 40.9 Å². The highest BCUT2D eigenvalue weighted by atomic mass is 35.5. The van der Waals surface area contributed by atoms with Crippen LogP contribution in [0.2, 0.25) is 5.02 Å². The van der Waals surface area contributed by atoms with Gasteiger partial charge in [-0.1, -0.05) is 23.4 Å². The van der Waals surface area contributed by atoms with E-state index >= 15 is 0 Å². The number of aromatic nitrogens is 4. The molecular formula is C16H13ClN6O2S. The van der Waals surface area contributed by atoms with Gasteiger partial charge in [-0.25, -0.2) is 0 Å². The van der Waals surface area contributed by atoms with Crippen molar-refractivity contribution in [2.24, 2.45) is 5.73 Å². The fraction of sp³-hybridized carbons (Fsp3) is 0.0625. The topological polar surface area (TPSA) is 116 Å². The van der Waals surface area contributed by atoms with Crippen molar-refractivity contribution in [2.75, 3.05) is 11.1 Å². The number of thioether (sulfide) groups is 1. The number of anilines is 1. The lowest BCUT2D eigenvalue weighted by Gasteiger charge is -2.06. The van der Waals surface area contributed by atoms with Crippen LogP contribution in [0.5, 0.6) is 0 Å². The van der Waals surface area contributed by atoms with E-state index in [9.17, 15) is 9.59 Å². The molecule has 3 aromatic rings. The van der Waals surface area contributed by atoms with Gasteiger partial charge in [0.05, 0.1) is 11.4 Å². The molecule has 0 spiro atoms. The van der Waals surface area contributed by atoms with Crippen molar-refractivity contribution in [1.29, 1.82) is 0 Å². The number of halogens is 1. The maximum absolute atomic E-state index is 12.1. The predicted molar refractivity (Wildman–Crippen MR) is 98.5 cm³/mol. The van der Waals surface area contributed by atoms with E-state index in [1.807, 2.05) is 0 Å². The predicted octanol–water partition coefficient (Wildman–Crippen LogP) is 2.15. The molecule has 0 bridgehead atoms. The van der Waals surface area contributed by atoms with Crippen LogP contribution in [-0.4, -0.2) is 37.8 Å². The molecule has 1 aromatic heterocycles. The average molecular weight is 389 g/mol. The van der Waals surface area contributed by atoms with Crippen LogP contribution in [0.15, 0.2) is 53.7 Å². The van der Waals surface area contributed by atoms with Crippen LogP contribution in [-0.2, 0) is 4.79 Å². The number of tetrazole rings is 1. The van der Waals surface area contributed by atoms with Crippen LogP contribution in [0.4, 0.5) is 5.69 Å². The van der Waals surface area contributed by atoms with Gasteiger partial charge in [0.25, 0.3) is 0 Å². The van der Waals surface area contributed by atoms with E-state index in [4.69, 9.17) is 17.3 Å². The third-order valence-corrected chi connectivity index (χ3v) is 4.47. The maximum Gasteiger partial charge on any atom is 0.248 e. The highest BCUT2D eigenvalue weighted by Gasteiger charge is 2.12. The molecule has 132 valence electrons. The number of amides is 2. The van der Waals surface area contributed by atoms with Crippen molar-refractivity contribution in [3.05, 3.63) is 59.1 Å². The molecule has 0 radical (unpaired) electrons. The van der Waals surface area contributed by atoms with Crippen LogP contribution in [0.3, 0.4) is 0 Å². The van der Waals surface area contributed by atoms with Gasteiger partial charge in [0.1, 0.15) is 0 Å². The first-order chi connectivity index (χ1) is 12.5. The Labute approximate surface area is 157 Å². The SMILES string of the molecule is NC(=O)c1ccc(NC(=O)CSc2nnnn2-c2ccc(Cl)cc2)cc1. The van der Waals surface area contributed by atoms with Gasteiger partial charge in [0.2, 0.25) is 17.0 Å². The first kappa shape index (κ1) is 17.9. The smallest absolute Gasteiger partial charge is 0.248 e. The lowest BCUT2D eigenvalue weighted by molar-refractivity contribution is -0.113. The van der Waals surface area contributed by atoms with Gasteiger partial charge in [0, 0.05) is 16.3 Å². The molecule has 0 aliphatic carbocycles. The standard InChI is InChI=1S/C16H13ClN6O2S/c17-11-3-7-13(8-4-11)23-16(20-21-22-23)26-9-14(24)19-12-5-1-10(2-6-12)15(18)25/h1-8H,9H2,(H2,18,25)(H,19,24). The molecule has 8 nitrogen and oxygen atoms in total. The molecule has 1 heterocycles. The Morgan fingerprint density at radius 3 is 2.46 bits per heavy atom. The molecule has 26 heavy (non-hydrogen) atoms. The van der Waals surface area contributed by atoms with E-state index in [1.165, 1.54) is 16.4 Å². The second-order valence-electron chi connectivity index (χ2n) is 5.13. The van der Waals surface area contributed by atoms with E-state index in [-0.39, 0.29) is 11.7 Å². The second kappa shape index (κ2) is 7.98. The number of hydrogen-bond acceptors (Lipinski definition) is 6. The highest BCUT2D eigenvalue weighted by Crippen LogP contribution is 2.20. The number of benzene rings is 2. The molecule has 0 aliphatic heterocycles. The Morgan fingerprint density at radius 2 is 1.81 bits per heavy atom. The third-order valence-electron chi connectivity index (χ3n) is 3.30. The molecule has 2 aromatic carbocycles. The first-order valence-electron chi connectivity index (χ1n) is 7.40. The Bertz CT molecular complexity index is 927. The Morgan fingerprint density at radius 1 is 1.12 bits per heavy atom. The number of carbonyl (C=O) groups excluding carboxylic acids is 2. The van der Waals surface area contributed by atoms with Crippen molar-refractivity contribution in [3.8, 4) is 5.69 Å². The molecule has 3 N–H and O–H groups in total. The molecule has 0 aliphatic rings. The Hall–Kier alpha value is -2.91. The van der Waals surface area contributed by atoms with Crippen LogP contribution in [0.1, 0.15) is 10.4 Å². The first-order valence-corrected chi connectivity index (χ1v) is 8.76. The molecule has 0 saturated carbocycles. The number of nitrogens with zero attached hydrogens (tertiary/aromatic N) is 4. The Kier molecular flexibility index (Phi) is 5.49. The summed E-state index contributed by atoms with van der Waals surface area (Å²) in [5.41, 5.74) is 6.86. The molecule has 3 rings (SSSR count). The Balaban J connectivity index is 1.61. The van der Waals surface area contributed by atoms with Crippen molar-refractivity contribution in [2.45, 2.75) is 5.16 Å². The number of nitrogens with one attached hydrogen (secondary N) is 1. The summed E-state index contributed by atoms with van der Waals surface area (Å²) < 4.78 is 1.52. The van der Waals surface area contributed by atoms with Crippen LogP contribution in [0, 0.1) is 0 Å². The van der Waals surface area contributed by atoms with Gasteiger partial charge in [-0.3, -0.25) is 9.59 Å². The minimum Gasteiger partial charge on any atom is -0.366 e. The number of primary amides is 1. The van der Waals surface area contributed by atoms with Crippen molar-refractivity contribution in [1.82, 2.24) is 20.2 Å². The van der Waals surface area contributed by atoms with Crippen LogP contribution >= 0.6 is 23.4 Å². The normalized spacial score (nSPS) is 10.5. The number of nitrogens with two attached hydrogens (primary N) is 1. The lowest BCUT2D eigenvalue weighted by atomic mass is 10.2. The largest absolute Gasteiger partial charge is 0.366 e. The van der Waals surface area contributed by atoms with Crippen molar-refractivity contribution in [3.63, 3.8) is 0 Å². The summed E-state index contributed by atoms with van der Waals surface area (Å²) in [5.74, 6) is -0.633. The summed E-state index contributed by atoms with van der Waals surface area (Å²) in [4.78, 5) is 23.1. The zero-order chi connectivity index (χ0) is 18.5. The summed E-state index contributed by atoms with van der Waals surface area (Å²) >= 11 is 7.07. The van der Waals surface area contributed by atoms with Gasteiger partial charge in [-0.2, -0.15) is 4.68 Å². The number of rotatable bonds is 6. The maximum atomic E-state index is 12.1. The third kappa shape index (κ3) is 4.38. The van der Waals surface area contributed by atoms with E-state index in [0.717, 1.165) is 5.69 Å². The molecule has 0 unspecified atom stereocenters. The van der Waals surface area contributed by atoms with Gasteiger partial charge in [0.15, 0.2) is 0 Å². The fourth-order valence-corrected chi connectivity index (χ4v) is 2.88. The minimum atomic E-state index is -0.521. The molecule has 2 amide bonds. The van der Waals surface area contributed by atoms with E-state index in [2.05, 4.69) is 20.8 Å². The monoisotopic (exact) mass is 388 g/mol. The van der Waals surface area contributed by atoms with E-state index in [1.54, 1.807) is 48.5 Å². The van der Waals surface area contributed by atoms with Gasteiger partial charge >= 0.3 is 0 Å². The minimum absolute atomic E-state index is 0.117. The van der Waals surface area contributed by atoms with E-state index in [0.29, 0.717) is 21.4 Å². The summed E-state index contributed by atoms with van der Waals surface area (Å²) in [5, 5.41) is 15.3. The van der Waals surface area contributed by atoms with Gasteiger partial charge < -0.3 is 11.1 Å². The number of hydrogen-bond donors (Lipinski definition) is 2. The lowest BCUT2D eigenvalue weighted by Crippen LogP contribution is -2.15.